The first kappa shape index (κ1) is 18.4. The summed E-state index contributed by atoms with van der Waals surface area (Å²) >= 11 is 0. The third-order valence-corrected chi connectivity index (χ3v) is 4.51. The summed E-state index contributed by atoms with van der Waals surface area (Å²) in [5.74, 6) is 1.37. The normalized spacial score (nSPS) is 12.8. The highest BCUT2D eigenvalue weighted by atomic mass is 16.1. The summed E-state index contributed by atoms with van der Waals surface area (Å²) in [5, 5.41) is 3.00. The Morgan fingerprint density at radius 1 is 1.15 bits per heavy atom. The van der Waals surface area contributed by atoms with Gasteiger partial charge in [0.05, 0.1) is 17.1 Å². The van der Waals surface area contributed by atoms with Crippen molar-refractivity contribution in [1.29, 1.82) is 0 Å². The second-order valence-electron chi connectivity index (χ2n) is 7.97. The minimum atomic E-state index is 0.00300. The number of rotatable bonds is 5. The Morgan fingerprint density at radius 3 is 2.62 bits per heavy atom. The number of nitrogens with one attached hydrogen (secondary N) is 1. The molecule has 0 unspecified atom stereocenters. The van der Waals surface area contributed by atoms with E-state index in [1.165, 1.54) is 5.56 Å². The predicted octanol–water partition coefficient (Wildman–Crippen LogP) is 4.01. The Hall–Kier alpha value is -2.43. The molecule has 1 amide bonds. The number of nitrogens with zero attached hydrogens (tertiary/aromatic N) is 2. The zero-order valence-corrected chi connectivity index (χ0v) is 16.1. The fourth-order valence-electron chi connectivity index (χ4n) is 3.38. The maximum atomic E-state index is 12.3. The number of carbonyl (C=O) groups excluding carboxylic acids is 1. The molecule has 0 fully saturated rings. The van der Waals surface area contributed by atoms with Gasteiger partial charge >= 0.3 is 0 Å². The number of anilines is 2. The lowest BCUT2D eigenvalue weighted by Gasteiger charge is -2.22. The molecule has 5 heteroatoms. The molecule has 3 rings (SSSR count). The molecule has 0 bridgehead atoms. The van der Waals surface area contributed by atoms with E-state index in [0.717, 1.165) is 47.6 Å². The Kier molecular flexibility index (Phi) is 5.25. The molecule has 0 saturated carbocycles. The standard InChI is InChI=1S/C21H28N4O/c1-12(2)9-18-21(25-19(26)10-13(3)4)24-17-8-5-14-11-15(22)6-7-16(14)20(17)23-18/h6-7,11-13H,5,8-10,22H2,1-4H3,(H,24,25,26). The zero-order chi connectivity index (χ0) is 18.8. The predicted molar refractivity (Wildman–Crippen MR) is 106 cm³/mol. The van der Waals surface area contributed by atoms with Gasteiger partial charge in [0.25, 0.3) is 0 Å². The van der Waals surface area contributed by atoms with Gasteiger partial charge in [-0.3, -0.25) is 4.79 Å². The number of hydrogen-bond donors (Lipinski definition) is 2. The van der Waals surface area contributed by atoms with Gasteiger partial charge < -0.3 is 11.1 Å². The molecule has 0 spiro atoms. The van der Waals surface area contributed by atoms with E-state index in [0.29, 0.717) is 24.1 Å². The first-order chi connectivity index (χ1) is 12.3. The Bertz CT molecular complexity index is 827. The van der Waals surface area contributed by atoms with Crippen molar-refractivity contribution in [1.82, 2.24) is 9.97 Å². The Balaban J connectivity index is 2.02. The highest BCUT2D eigenvalue weighted by Crippen LogP contribution is 2.34. The van der Waals surface area contributed by atoms with Gasteiger partial charge in [-0.15, -0.1) is 0 Å². The third kappa shape index (κ3) is 4.03. The minimum Gasteiger partial charge on any atom is -0.399 e. The van der Waals surface area contributed by atoms with Gasteiger partial charge in [-0.25, -0.2) is 9.97 Å². The fourth-order valence-corrected chi connectivity index (χ4v) is 3.38. The van der Waals surface area contributed by atoms with Crippen LogP contribution < -0.4 is 11.1 Å². The lowest BCUT2D eigenvalue weighted by Crippen LogP contribution is -2.20. The van der Waals surface area contributed by atoms with E-state index in [4.69, 9.17) is 15.7 Å². The van der Waals surface area contributed by atoms with E-state index in [-0.39, 0.29) is 5.91 Å². The topological polar surface area (TPSA) is 80.9 Å². The molecular weight excluding hydrogens is 324 g/mol. The van der Waals surface area contributed by atoms with Crippen LogP contribution in [0.5, 0.6) is 0 Å². The lowest BCUT2D eigenvalue weighted by molar-refractivity contribution is -0.116. The van der Waals surface area contributed by atoms with Crippen molar-refractivity contribution in [2.75, 3.05) is 11.1 Å². The number of amides is 1. The molecule has 5 nitrogen and oxygen atoms in total. The van der Waals surface area contributed by atoms with Crippen LogP contribution in [-0.4, -0.2) is 15.9 Å². The molecule has 2 aromatic rings. The first-order valence-corrected chi connectivity index (χ1v) is 9.42. The molecule has 0 saturated heterocycles. The molecule has 1 heterocycles. The van der Waals surface area contributed by atoms with Crippen LogP contribution in [0.1, 0.15) is 51.1 Å². The number of fused-ring (bicyclic) bond motifs is 3. The van der Waals surface area contributed by atoms with Gasteiger partial charge in [-0.05, 0) is 48.8 Å². The number of nitrogen functional groups attached to an aromatic ring is 1. The molecule has 0 radical (unpaired) electrons. The molecule has 0 atom stereocenters. The minimum absolute atomic E-state index is 0.00300. The highest BCUT2D eigenvalue weighted by molar-refractivity contribution is 5.90. The van der Waals surface area contributed by atoms with Crippen LogP contribution in [0.25, 0.3) is 11.3 Å². The van der Waals surface area contributed by atoms with E-state index < -0.39 is 0 Å². The van der Waals surface area contributed by atoms with Crippen LogP contribution in [-0.2, 0) is 24.1 Å². The van der Waals surface area contributed by atoms with Crippen LogP contribution in [0.3, 0.4) is 0 Å². The second kappa shape index (κ2) is 7.44. The quantitative estimate of drug-likeness (QED) is 0.797. The van der Waals surface area contributed by atoms with Crippen LogP contribution in [0.4, 0.5) is 11.5 Å². The number of carbonyl (C=O) groups is 1. The summed E-state index contributed by atoms with van der Waals surface area (Å²) < 4.78 is 0. The van der Waals surface area contributed by atoms with Crippen LogP contribution in [0.15, 0.2) is 18.2 Å². The van der Waals surface area contributed by atoms with Crippen molar-refractivity contribution in [3.63, 3.8) is 0 Å². The maximum Gasteiger partial charge on any atom is 0.225 e. The van der Waals surface area contributed by atoms with E-state index in [1.807, 2.05) is 32.0 Å². The van der Waals surface area contributed by atoms with Crippen LogP contribution >= 0.6 is 0 Å². The summed E-state index contributed by atoms with van der Waals surface area (Å²) in [6, 6.07) is 5.98. The molecule has 1 aliphatic carbocycles. The SMILES string of the molecule is CC(C)CC(=O)Nc1nc2c(nc1CC(C)C)-c1ccc(N)cc1CC2. The summed E-state index contributed by atoms with van der Waals surface area (Å²) in [6.45, 7) is 8.37. The lowest BCUT2D eigenvalue weighted by atomic mass is 9.91. The number of benzene rings is 1. The summed E-state index contributed by atoms with van der Waals surface area (Å²) in [6.07, 6.45) is 2.97. The molecule has 1 aromatic carbocycles. The van der Waals surface area contributed by atoms with Crippen LogP contribution in [0.2, 0.25) is 0 Å². The molecule has 138 valence electrons. The van der Waals surface area contributed by atoms with Gasteiger partial charge in [0.15, 0.2) is 5.82 Å². The summed E-state index contributed by atoms with van der Waals surface area (Å²) in [7, 11) is 0. The number of aromatic nitrogens is 2. The van der Waals surface area contributed by atoms with E-state index >= 15 is 0 Å². The molecule has 26 heavy (non-hydrogen) atoms. The monoisotopic (exact) mass is 352 g/mol. The number of aryl methyl sites for hydroxylation is 2. The summed E-state index contributed by atoms with van der Waals surface area (Å²) in [4.78, 5) is 22.0. The summed E-state index contributed by atoms with van der Waals surface area (Å²) in [5.41, 5.74) is 11.8. The van der Waals surface area contributed by atoms with Gasteiger partial charge in [-0.2, -0.15) is 0 Å². The van der Waals surface area contributed by atoms with Crippen molar-refractivity contribution in [2.24, 2.45) is 11.8 Å². The molecule has 3 N–H and O–H groups in total. The second-order valence-corrected chi connectivity index (χ2v) is 7.97. The van der Waals surface area contributed by atoms with Crippen molar-refractivity contribution in [3.8, 4) is 11.3 Å². The van der Waals surface area contributed by atoms with E-state index in [2.05, 4.69) is 19.2 Å². The first-order valence-electron chi connectivity index (χ1n) is 9.42. The van der Waals surface area contributed by atoms with Crippen molar-refractivity contribution in [2.45, 2.75) is 53.4 Å². The zero-order valence-electron chi connectivity index (χ0n) is 16.1. The molecular formula is C21H28N4O. The van der Waals surface area contributed by atoms with Crippen LogP contribution in [0, 0.1) is 11.8 Å². The average molecular weight is 352 g/mol. The van der Waals surface area contributed by atoms with E-state index in [9.17, 15) is 4.79 Å². The smallest absolute Gasteiger partial charge is 0.225 e. The van der Waals surface area contributed by atoms with Crippen molar-refractivity contribution in [3.05, 3.63) is 35.2 Å². The molecule has 1 aromatic heterocycles. The third-order valence-electron chi connectivity index (χ3n) is 4.51. The Labute approximate surface area is 155 Å². The van der Waals surface area contributed by atoms with Gasteiger partial charge in [0.2, 0.25) is 5.91 Å². The molecule has 0 aliphatic heterocycles. The van der Waals surface area contributed by atoms with Gasteiger partial charge in [0.1, 0.15) is 0 Å². The van der Waals surface area contributed by atoms with Gasteiger partial charge in [-0.1, -0.05) is 33.8 Å². The maximum absolute atomic E-state index is 12.3. The van der Waals surface area contributed by atoms with Crippen molar-refractivity contribution < 1.29 is 4.79 Å². The fraction of sp³-hybridized carbons (Fsp3) is 0.476. The Morgan fingerprint density at radius 2 is 1.92 bits per heavy atom. The number of hydrogen-bond acceptors (Lipinski definition) is 4. The largest absolute Gasteiger partial charge is 0.399 e. The number of nitrogens with two attached hydrogens (primary N) is 1. The average Bonchev–Trinajstić information content (AvgIpc) is 2.53. The molecule has 1 aliphatic rings. The van der Waals surface area contributed by atoms with Crippen molar-refractivity contribution >= 4 is 17.4 Å². The highest BCUT2D eigenvalue weighted by Gasteiger charge is 2.23. The van der Waals surface area contributed by atoms with E-state index in [1.54, 1.807) is 0 Å². The van der Waals surface area contributed by atoms with Gasteiger partial charge in [0, 0.05) is 17.7 Å².